The number of ether oxygens (including phenoxy) is 1. The van der Waals surface area contributed by atoms with Gasteiger partial charge in [0.25, 0.3) is 0 Å². The minimum absolute atomic E-state index is 0.411. The molecule has 0 aliphatic carbocycles. The van der Waals surface area contributed by atoms with Crippen molar-refractivity contribution in [1.82, 2.24) is 0 Å². The van der Waals surface area contributed by atoms with E-state index in [1.807, 2.05) is 0 Å². The standard InChI is InChI=1S/C11H19NO6/c1-5-7(2)18-10(15)8(9(13)14)11(3,4)6-12(16)17/h7-8H,5-6H2,1-4H3,(H,13,14). The van der Waals surface area contributed by atoms with E-state index in [1.54, 1.807) is 13.8 Å². The lowest BCUT2D eigenvalue weighted by Crippen LogP contribution is -2.43. The second-order valence-electron chi connectivity index (χ2n) is 4.91. The van der Waals surface area contributed by atoms with Crippen LogP contribution in [0.1, 0.15) is 34.1 Å². The third-order valence-corrected chi connectivity index (χ3v) is 2.69. The van der Waals surface area contributed by atoms with Crippen LogP contribution in [-0.4, -0.2) is 34.6 Å². The van der Waals surface area contributed by atoms with E-state index < -0.39 is 40.8 Å². The average Bonchev–Trinajstić information content (AvgIpc) is 2.13. The van der Waals surface area contributed by atoms with Crippen molar-refractivity contribution < 1.29 is 24.4 Å². The largest absolute Gasteiger partial charge is 0.481 e. The molecular formula is C11H19NO6. The van der Waals surface area contributed by atoms with Gasteiger partial charge in [-0.15, -0.1) is 0 Å². The van der Waals surface area contributed by atoms with Crippen molar-refractivity contribution in [2.45, 2.75) is 40.2 Å². The third-order valence-electron chi connectivity index (χ3n) is 2.69. The van der Waals surface area contributed by atoms with Crippen LogP contribution in [0.15, 0.2) is 0 Å². The lowest BCUT2D eigenvalue weighted by molar-refractivity contribution is -0.497. The van der Waals surface area contributed by atoms with Crippen molar-refractivity contribution in [3.63, 3.8) is 0 Å². The topological polar surface area (TPSA) is 107 Å². The molecule has 0 radical (unpaired) electrons. The minimum Gasteiger partial charge on any atom is -0.481 e. The maximum absolute atomic E-state index is 11.8. The summed E-state index contributed by atoms with van der Waals surface area (Å²) in [7, 11) is 0. The number of nitro groups is 1. The van der Waals surface area contributed by atoms with Crippen LogP contribution in [0, 0.1) is 21.4 Å². The minimum atomic E-state index is -1.54. The highest BCUT2D eigenvalue weighted by Crippen LogP contribution is 2.29. The van der Waals surface area contributed by atoms with E-state index in [1.165, 1.54) is 13.8 Å². The van der Waals surface area contributed by atoms with Gasteiger partial charge in [0.15, 0.2) is 5.92 Å². The zero-order valence-electron chi connectivity index (χ0n) is 11.0. The van der Waals surface area contributed by atoms with E-state index in [-0.39, 0.29) is 0 Å². The van der Waals surface area contributed by atoms with Crippen molar-refractivity contribution in [3.8, 4) is 0 Å². The molecule has 2 atom stereocenters. The average molecular weight is 261 g/mol. The third kappa shape index (κ3) is 4.68. The Labute approximate surface area is 105 Å². The smallest absolute Gasteiger partial charge is 0.321 e. The lowest BCUT2D eigenvalue weighted by Gasteiger charge is -2.26. The van der Waals surface area contributed by atoms with Crippen molar-refractivity contribution in [3.05, 3.63) is 10.1 Å². The monoisotopic (exact) mass is 261 g/mol. The quantitative estimate of drug-likeness (QED) is 0.320. The summed E-state index contributed by atoms with van der Waals surface area (Å²) in [6.07, 6.45) is 0.138. The number of esters is 1. The van der Waals surface area contributed by atoms with Crippen LogP contribution >= 0.6 is 0 Å². The molecule has 0 aromatic carbocycles. The maximum atomic E-state index is 11.8. The van der Waals surface area contributed by atoms with E-state index in [0.717, 1.165) is 0 Å². The fraction of sp³-hybridized carbons (Fsp3) is 0.818. The van der Waals surface area contributed by atoms with Crippen LogP contribution in [-0.2, 0) is 14.3 Å². The molecule has 0 spiro atoms. The molecule has 0 saturated heterocycles. The van der Waals surface area contributed by atoms with E-state index >= 15 is 0 Å². The molecule has 0 amide bonds. The molecule has 0 aromatic heterocycles. The van der Waals surface area contributed by atoms with E-state index in [9.17, 15) is 19.7 Å². The first-order chi connectivity index (χ1) is 8.11. The molecule has 0 aliphatic heterocycles. The molecule has 0 bridgehead atoms. The van der Waals surface area contributed by atoms with Crippen LogP contribution in [0.2, 0.25) is 0 Å². The number of carbonyl (C=O) groups excluding carboxylic acids is 1. The first-order valence-electron chi connectivity index (χ1n) is 5.67. The van der Waals surface area contributed by atoms with Crippen LogP contribution in [0.4, 0.5) is 0 Å². The number of rotatable bonds is 7. The predicted octanol–water partition coefficient (Wildman–Crippen LogP) is 1.33. The molecule has 104 valence electrons. The number of carboxylic acids is 1. The second-order valence-corrected chi connectivity index (χ2v) is 4.91. The highest BCUT2D eigenvalue weighted by molar-refractivity contribution is 5.94. The van der Waals surface area contributed by atoms with Gasteiger partial charge in [-0.05, 0) is 13.3 Å². The molecule has 0 heterocycles. The summed E-state index contributed by atoms with van der Waals surface area (Å²) >= 11 is 0. The Hall–Kier alpha value is -1.66. The number of nitrogens with zero attached hydrogens (tertiary/aromatic N) is 1. The van der Waals surface area contributed by atoms with Gasteiger partial charge in [-0.2, -0.15) is 0 Å². The van der Waals surface area contributed by atoms with E-state index in [2.05, 4.69) is 0 Å². The van der Waals surface area contributed by atoms with Gasteiger partial charge < -0.3 is 9.84 Å². The van der Waals surface area contributed by atoms with Crippen LogP contribution in [0.5, 0.6) is 0 Å². The van der Waals surface area contributed by atoms with E-state index in [0.29, 0.717) is 6.42 Å². The summed E-state index contributed by atoms with van der Waals surface area (Å²) in [5.41, 5.74) is -1.31. The summed E-state index contributed by atoms with van der Waals surface area (Å²) in [5.74, 6) is -3.88. The van der Waals surface area contributed by atoms with Gasteiger partial charge in [-0.3, -0.25) is 19.7 Å². The fourth-order valence-corrected chi connectivity index (χ4v) is 1.53. The molecule has 0 fully saturated rings. The predicted molar refractivity (Wildman–Crippen MR) is 62.6 cm³/mol. The number of aliphatic carboxylic acids is 1. The Kier molecular flexibility index (Phi) is 5.74. The zero-order valence-corrected chi connectivity index (χ0v) is 11.0. The van der Waals surface area contributed by atoms with E-state index in [4.69, 9.17) is 9.84 Å². The molecule has 1 N–H and O–H groups in total. The molecule has 7 nitrogen and oxygen atoms in total. The fourth-order valence-electron chi connectivity index (χ4n) is 1.53. The molecule has 2 unspecified atom stereocenters. The normalized spacial score (nSPS) is 14.7. The lowest BCUT2D eigenvalue weighted by atomic mass is 9.78. The Bertz CT molecular complexity index is 338. The van der Waals surface area contributed by atoms with Gasteiger partial charge in [0, 0.05) is 4.92 Å². The number of carboxylic acid groups (broad SMARTS) is 1. The summed E-state index contributed by atoms with van der Waals surface area (Å²) < 4.78 is 4.95. The zero-order chi connectivity index (χ0) is 14.5. The van der Waals surface area contributed by atoms with Crippen molar-refractivity contribution in [2.75, 3.05) is 6.54 Å². The SMILES string of the molecule is CCC(C)OC(=O)C(C(=O)O)C(C)(C)C[N+](=O)[O-]. The molecule has 0 rings (SSSR count). The maximum Gasteiger partial charge on any atom is 0.321 e. The number of hydrogen-bond donors (Lipinski definition) is 1. The number of carbonyl (C=O) groups is 2. The Morgan fingerprint density at radius 2 is 1.94 bits per heavy atom. The van der Waals surface area contributed by atoms with Crippen LogP contribution in [0.3, 0.4) is 0 Å². The van der Waals surface area contributed by atoms with Gasteiger partial charge >= 0.3 is 11.9 Å². The molecule has 0 aliphatic rings. The van der Waals surface area contributed by atoms with Crippen LogP contribution in [0.25, 0.3) is 0 Å². The molecular weight excluding hydrogens is 242 g/mol. The summed E-state index contributed by atoms with van der Waals surface area (Å²) in [6.45, 7) is 5.55. The number of hydrogen-bond acceptors (Lipinski definition) is 5. The highest BCUT2D eigenvalue weighted by atomic mass is 16.6. The van der Waals surface area contributed by atoms with Crippen molar-refractivity contribution in [1.29, 1.82) is 0 Å². The summed E-state index contributed by atoms with van der Waals surface area (Å²) in [5, 5.41) is 19.6. The summed E-state index contributed by atoms with van der Waals surface area (Å²) in [4.78, 5) is 32.7. The molecule has 7 heteroatoms. The first-order valence-corrected chi connectivity index (χ1v) is 5.67. The molecule has 18 heavy (non-hydrogen) atoms. The van der Waals surface area contributed by atoms with Gasteiger partial charge in [0.2, 0.25) is 6.54 Å². The Morgan fingerprint density at radius 3 is 2.28 bits per heavy atom. The van der Waals surface area contributed by atoms with Gasteiger partial charge in [-0.25, -0.2) is 0 Å². The van der Waals surface area contributed by atoms with Gasteiger partial charge in [-0.1, -0.05) is 20.8 Å². The Balaban J connectivity index is 5.01. The molecule has 0 aromatic rings. The Morgan fingerprint density at radius 1 is 1.44 bits per heavy atom. The first kappa shape index (κ1) is 16.3. The molecule has 0 saturated carbocycles. The van der Waals surface area contributed by atoms with Gasteiger partial charge in [0.1, 0.15) is 0 Å². The highest BCUT2D eigenvalue weighted by Gasteiger charge is 2.46. The van der Waals surface area contributed by atoms with Crippen molar-refractivity contribution in [2.24, 2.45) is 11.3 Å². The summed E-state index contributed by atoms with van der Waals surface area (Å²) in [6, 6.07) is 0. The van der Waals surface area contributed by atoms with Crippen LogP contribution < -0.4 is 0 Å². The van der Waals surface area contributed by atoms with Gasteiger partial charge in [0.05, 0.1) is 11.5 Å². The second kappa shape index (κ2) is 6.32. The van der Waals surface area contributed by atoms with Crippen molar-refractivity contribution >= 4 is 11.9 Å².